The first-order valence-electron chi connectivity index (χ1n) is 10.2. The fourth-order valence-corrected chi connectivity index (χ4v) is 4.13. The van der Waals surface area contributed by atoms with Gasteiger partial charge in [-0.1, -0.05) is 6.92 Å². The normalized spacial score (nSPS) is 19.0. The summed E-state index contributed by atoms with van der Waals surface area (Å²) >= 11 is 0. The van der Waals surface area contributed by atoms with Gasteiger partial charge in [0, 0.05) is 36.3 Å². The highest BCUT2D eigenvalue weighted by Crippen LogP contribution is 2.30. The first-order chi connectivity index (χ1) is 14.9. The summed E-state index contributed by atoms with van der Waals surface area (Å²) in [5.41, 5.74) is 3.06. The van der Waals surface area contributed by atoms with Crippen LogP contribution >= 0.6 is 0 Å². The highest BCUT2D eigenvalue weighted by Gasteiger charge is 2.26. The van der Waals surface area contributed by atoms with Crippen molar-refractivity contribution < 1.29 is 13.2 Å². The molecule has 0 radical (unpaired) electrons. The van der Waals surface area contributed by atoms with Crippen LogP contribution in [0.25, 0.3) is 16.8 Å². The summed E-state index contributed by atoms with van der Waals surface area (Å²) < 4.78 is 42.3. The van der Waals surface area contributed by atoms with E-state index >= 15 is 0 Å². The molecule has 1 aliphatic carbocycles. The second-order valence-corrected chi connectivity index (χ2v) is 7.68. The molecule has 162 valence electrons. The zero-order valence-electron chi connectivity index (χ0n) is 17.2. The van der Waals surface area contributed by atoms with Crippen LogP contribution in [0.15, 0.2) is 41.7 Å². The van der Waals surface area contributed by atoms with Crippen molar-refractivity contribution in [2.75, 3.05) is 11.9 Å². The average molecular weight is 428 g/mol. The summed E-state index contributed by atoms with van der Waals surface area (Å²) in [7, 11) is 0. The molecule has 1 aromatic carbocycles. The second kappa shape index (κ2) is 8.41. The number of fused-ring (bicyclic) bond motifs is 1. The summed E-state index contributed by atoms with van der Waals surface area (Å²) in [5, 5.41) is 18.9. The van der Waals surface area contributed by atoms with Gasteiger partial charge in [-0.3, -0.25) is 0 Å². The number of hydrogen-bond donors (Lipinski definition) is 3. The number of allylic oxidation sites excluding steroid dienone is 1. The van der Waals surface area contributed by atoms with E-state index < -0.39 is 17.5 Å². The van der Waals surface area contributed by atoms with E-state index in [9.17, 15) is 13.2 Å². The van der Waals surface area contributed by atoms with Crippen LogP contribution in [-0.4, -0.2) is 33.4 Å². The Morgan fingerprint density at radius 3 is 2.68 bits per heavy atom. The third-order valence-electron chi connectivity index (χ3n) is 5.47. The fourth-order valence-electron chi connectivity index (χ4n) is 4.13. The standard InChI is InChI=1S/C22H23F3N6/c1-3-27-20-12(2)7-15(8-14(20)11-26)28-22-29-21-16(5-4-6-31(21)30-22)13-9-17(23)19(25)18(24)10-13/h4-6,9-12,15,26-27H,3,7-8H2,1-2H3,(H,28,30). The number of pyridine rings is 1. The molecule has 2 unspecified atom stereocenters. The molecule has 31 heavy (non-hydrogen) atoms. The molecule has 0 spiro atoms. The molecule has 2 atom stereocenters. The lowest BCUT2D eigenvalue weighted by Crippen LogP contribution is -2.33. The molecule has 6 nitrogen and oxygen atoms in total. The SMILES string of the molecule is CCNC1=C(C=N)CC(Nc2nc3c(-c4cc(F)c(F)c(F)c4)cccn3n2)CC1C. The van der Waals surface area contributed by atoms with Gasteiger partial charge in [0.15, 0.2) is 23.1 Å². The maximum absolute atomic E-state index is 13.7. The zero-order valence-corrected chi connectivity index (χ0v) is 17.2. The van der Waals surface area contributed by atoms with Crippen molar-refractivity contribution in [3.8, 4) is 11.1 Å². The van der Waals surface area contributed by atoms with E-state index in [2.05, 4.69) is 27.6 Å². The minimum atomic E-state index is -1.50. The van der Waals surface area contributed by atoms with Gasteiger partial charge < -0.3 is 16.0 Å². The van der Waals surface area contributed by atoms with Crippen molar-refractivity contribution in [2.45, 2.75) is 32.7 Å². The molecule has 0 bridgehead atoms. The van der Waals surface area contributed by atoms with Gasteiger partial charge in [0.05, 0.1) is 0 Å². The monoisotopic (exact) mass is 428 g/mol. The topological polar surface area (TPSA) is 78.1 Å². The molecule has 0 saturated heterocycles. The van der Waals surface area contributed by atoms with Crippen molar-refractivity contribution in [3.05, 3.63) is 59.2 Å². The van der Waals surface area contributed by atoms with Crippen molar-refractivity contribution >= 4 is 17.8 Å². The Bertz CT molecular complexity index is 1150. The highest BCUT2D eigenvalue weighted by atomic mass is 19.2. The number of aromatic nitrogens is 3. The van der Waals surface area contributed by atoms with Gasteiger partial charge in [-0.25, -0.2) is 17.7 Å². The Kier molecular flexibility index (Phi) is 5.67. The number of nitrogens with zero attached hydrogens (tertiary/aromatic N) is 3. The third kappa shape index (κ3) is 3.99. The Morgan fingerprint density at radius 2 is 2.00 bits per heavy atom. The first kappa shape index (κ1) is 20.9. The Labute approximate surface area is 177 Å². The van der Waals surface area contributed by atoms with Gasteiger partial charge in [0.25, 0.3) is 0 Å². The van der Waals surface area contributed by atoms with Crippen LogP contribution in [0.4, 0.5) is 19.1 Å². The van der Waals surface area contributed by atoms with Gasteiger partial charge in [0.2, 0.25) is 5.95 Å². The van der Waals surface area contributed by atoms with Crippen LogP contribution in [0.1, 0.15) is 26.7 Å². The van der Waals surface area contributed by atoms with Crippen LogP contribution in [0.2, 0.25) is 0 Å². The van der Waals surface area contributed by atoms with Crippen molar-refractivity contribution in [3.63, 3.8) is 0 Å². The molecular weight excluding hydrogens is 405 g/mol. The Balaban J connectivity index is 1.64. The van der Waals surface area contributed by atoms with Crippen LogP contribution in [0.3, 0.4) is 0 Å². The summed E-state index contributed by atoms with van der Waals surface area (Å²) in [4.78, 5) is 4.51. The van der Waals surface area contributed by atoms with Gasteiger partial charge >= 0.3 is 0 Å². The molecule has 2 aromatic heterocycles. The number of anilines is 1. The van der Waals surface area contributed by atoms with E-state index in [4.69, 9.17) is 5.41 Å². The molecule has 9 heteroatoms. The average Bonchev–Trinajstić information content (AvgIpc) is 3.15. The largest absolute Gasteiger partial charge is 0.388 e. The minimum Gasteiger partial charge on any atom is -0.388 e. The highest BCUT2D eigenvalue weighted by molar-refractivity contribution is 5.79. The second-order valence-electron chi connectivity index (χ2n) is 7.68. The van der Waals surface area contributed by atoms with E-state index in [0.29, 0.717) is 23.6 Å². The third-order valence-corrected chi connectivity index (χ3v) is 5.47. The van der Waals surface area contributed by atoms with E-state index in [1.807, 2.05) is 6.92 Å². The molecule has 1 aliphatic rings. The number of benzene rings is 1. The maximum Gasteiger partial charge on any atom is 0.243 e. The molecule has 2 heterocycles. The van der Waals surface area contributed by atoms with Crippen molar-refractivity contribution in [1.82, 2.24) is 19.9 Å². The summed E-state index contributed by atoms with van der Waals surface area (Å²) in [6.45, 7) is 4.95. The van der Waals surface area contributed by atoms with E-state index in [-0.39, 0.29) is 17.5 Å². The molecule has 0 aliphatic heterocycles. The Hall–Kier alpha value is -3.36. The number of nitrogens with one attached hydrogen (secondary N) is 3. The van der Waals surface area contributed by atoms with E-state index in [0.717, 1.165) is 36.4 Å². The minimum absolute atomic E-state index is 0.0376. The molecule has 0 saturated carbocycles. The molecule has 3 aromatic rings. The lowest BCUT2D eigenvalue weighted by atomic mass is 9.85. The predicted octanol–water partition coefficient (Wildman–Crippen LogP) is 4.54. The lowest BCUT2D eigenvalue weighted by molar-refractivity contribution is 0.448. The summed E-state index contributed by atoms with van der Waals surface area (Å²) in [6, 6.07) is 5.27. The zero-order chi connectivity index (χ0) is 22.1. The number of halogens is 3. The summed E-state index contributed by atoms with van der Waals surface area (Å²) in [5.74, 6) is -3.38. The lowest BCUT2D eigenvalue weighted by Gasteiger charge is -2.31. The quantitative estimate of drug-likeness (QED) is 0.398. The van der Waals surface area contributed by atoms with Gasteiger partial charge in [-0.15, -0.1) is 5.10 Å². The van der Waals surface area contributed by atoms with Crippen LogP contribution in [0, 0.1) is 28.8 Å². The van der Waals surface area contributed by atoms with Crippen molar-refractivity contribution in [1.29, 1.82) is 5.41 Å². The fraction of sp³-hybridized carbons (Fsp3) is 0.318. The molecular formula is C22H23F3N6. The van der Waals surface area contributed by atoms with Crippen LogP contribution in [0.5, 0.6) is 0 Å². The smallest absolute Gasteiger partial charge is 0.243 e. The van der Waals surface area contributed by atoms with Gasteiger partial charge in [0.1, 0.15) is 0 Å². The molecule has 4 rings (SSSR count). The van der Waals surface area contributed by atoms with E-state index in [1.54, 1.807) is 18.3 Å². The van der Waals surface area contributed by atoms with Gasteiger partial charge in [-0.05, 0) is 61.1 Å². The maximum atomic E-state index is 13.7. The van der Waals surface area contributed by atoms with Crippen LogP contribution < -0.4 is 10.6 Å². The molecule has 0 fully saturated rings. The van der Waals surface area contributed by atoms with E-state index in [1.165, 1.54) is 10.7 Å². The molecule has 3 N–H and O–H groups in total. The first-order valence-corrected chi connectivity index (χ1v) is 10.2. The van der Waals surface area contributed by atoms with Gasteiger partial charge in [-0.2, -0.15) is 4.98 Å². The predicted molar refractivity (Wildman–Crippen MR) is 114 cm³/mol. The van der Waals surface area contributed by atoms with Crippen LogP contribution in [-0.2, 0) is 0 Å². The Morgan fingerprint density at radius 1 is 1.26 bits per heavy atom. The number of rotatable bonds is 6. The van der Waals surface area contributed by atoms with Crippen molar-refractivity contribution in [2.24, 2.45) is 5.92 Å². The number of hydrogen-bond acceptors (Lipinski definition) is 5. The molecule has 0 amide bonds. The summed E-state index contributed by atoms with van der Waals surface area (Å²) in [6.07, 6.45) is 4.57.